The molecule has 9 heteroatoms. The molecule has 168 valence electrons. The van der Waals surface area contributed by atoms with Crippen molar-refractivity contribution in [2.75, 3.05) is 28.7 Å². The average Bonchev–Trinajstić information content (AvgIpc) is 2.75. The highest BCUT2D eigenvalue weighted by Gasteiger charge is 2.33. The molecule has 1 aromatic rings. The van der Waals surface area contributed by atoms with Crippen molar-refractivity contribution < 1.29 is 4.79 Å². The molecule has 1 aliphatic rings. The first-order valence-electron chi connectivity index (χ1n) is 10.6. The van der Waals surface area contributed by atoms with Gasteiger partial charge in [-0.25, -0.2) is 0 Å². The van der Waals surface area contributed by atoms with Gasteiger partial charge >= 0.3 is 0 Å². The standard InChI is InChI=1S/C21H38N8O/c1-21(19(28)18(27)20(29)30)9-6-4-2-3-5-7-11(8-10-21)12-13(22)15(24)17(26)16(25)14(12)23/h11H,2-10,22-28H2,1H3,(H2,29,30)/b19-18+. The number of primary amides is 1. The molecule has 16 N–H and O–H groups in total. The van der Waals surface area contributed by atoms with Crippen LogP contribution in [0.4, 0.5) is 28.4 Å². The van der Waals surface area contributed by atoms with Crippen LogP contribution in [-0.2, 0) is 4.79 Å². The van der Waals surface area contributed by atoms with Gasteiger partial charge in [-0.05, 0) is 31.6 Å². The fourth-order valence-corrected chi connectivity index (χ4v) is 4.52. The van der Waals surface area contributed by atoms with Gasteiger partial charge in [-0.15, -0.1) is 0 Å². The normalized spacial score (nSPS) is 24.5. The summed E-state index contributed by atoms with van der Waals surface area (Å²) in [6.07, 6.45) is 8.51. The molecule has 0 aromatic heterocycles. The molecule has 9 nitrogen and oxygen atoms in total. The van der Waals surface area contributed by atoms with E-state index in [2.05, 4.69) is 0 Å². The molecule has 1 amide bonds. The molecule has 0 saturated heterocycles. The number of allylic oxidation sites excluding steroid dienone is 1. The Balaban J connectivity index is 2.48. The second-order valence-corrected chi connectivity index (χ2v) is 8.78. The second-order valence-electron chi connectivity index (χ2n) is 8.78. The van der Waals surface area contributed by atoms with Gasteiger partial charge in [-0.1, -0.05) is 39.0 Å². The van der Waals surface area contributed by atoms with Crippen LogP contribution in [0.2, 0.25) is 0 Å². The number of carbonyl (C=O) groups excluding carboxylic acids is 1. The lowest BCUT2D eigenvalue weighted by Crippen LogP contribution is -2.34. The van der Waals surface area contributed by atoms with Crippen LogP contribution in [0.25, 0.3) is 0 Å². The fraction of sp³-hybridized carbons (Fsp3) is 0.571. The SMILES string of the molecule is CC1(/C(N)=C(\N)C(N)=O)CCCCCCCC(c2c(N)c(N)c(N)c(N)c2N)CC1. The van der Waals surface area contributed by atoms with E-state index in [4.69, 9.17) is 45.9 Å². The van der Waals surface area contributed by atoms with E-state index in [0.717, 1.165) is 56.9 Å². The summed E-state index contributed by atoms with van der Waals surface area (Å²) in [4.78, 5) is 11.6. The number of amides is 1. The van der Waals surface area contributed by atoms with Crippen molar-refractivity contribution in [2.45, 2.75) is 70.6 Å². The third-order valence-corrected chi connectivity index (χ3v) is 6.68. The van der Waals surface area contributed by atoms with Crippen LogP contribution >= 0.6 is 0 Å². The van der Waals surface area contributed by atoms with Gasteiger partial charge in [-0.3, -0.25) is 4.79 Å². The quantitative estimate of drug-likeness (QED) is 0.266. The Hall–Kier alpha value is -2.97. The van der Waals surface area contributed by atoms with E-state index in [0.29, 0.717) is 23.5 Å². The highest BCUT2D eigenvalue weighted by Crippen LogP contribution is 2.47. The molecule has 1 saturated carbocycles. The zero-order valence-electron chi connectivity index (χ0n) is 18.0. The van der Waals surface area contributed by atoms with Crippen molar-refractivity contribution in [3.8, 4) is 0 Å². The molecule has 0 aliphatic heterocycles. The van der Waals surface area contributed by atoms with Crippen LogP contribution in [0, 0.1) is 5.41 Å². The van der Waals surface area contributed by atoms with Crippen LogP contribution in [-0.4, -0.2) is 5.91 Å². The lowest BCUT2D eigenvalue weighted by Gasteiger charge is -2.33. The number of hydrogen-bond donors (Lipinski definition) is 8. The van der Waals surface area contributed by atoms with Crippen molar-refractivity contribution >= 4 is 34.3 Å². The van der Waals surface area contributed by atoms with Crippen LogP contribution in [0.15, 0.2) is 11.4 Å². The summed E-state index contributed by atoms with van der Waals surface area (Å²) >= 11 is 0. The third kappa shape index (κ3) is 4.60. The fourth-order valence-electron chi connectivity index (χ4n) is 4.52. The van der Waals surface area contributed by atoms with Crippen molar-refractivity contribution in [3.63, 3.8) is 0 Å². The maximum Gasteiger partial charge on any atom is 0.266 e. The molecule has 2 unspecified atom stereocenters. The molecule has 1 fully saturated rings. The molecule has 0 spiro atoms. The second kappa shape index (κ2) is 9.23. The van der Waals surface area contributed by atoms with Crippen LogP contribution in [0.1, 0.15) is 76.2 Å². The van der Waals surface area contributed by atoms with Crippen molar-refractivity contribution in [3.05, 3.63) is 17.0 Å². The number of benzene rings is 1. The summed E-state index contributed by atoms with van der Waals surface area (Å²) in [5.41, 5.74) is 50.6. The Morgan fingerprint density at radius 3 is 1.80 bits per heavy atom. The first-order chi connectivity index (χ1) is 14.0. The lowest BCUT2D eigenvalue weighted by atomic mass is 9.74. The van der Waals surface area contributed by atoms with Gasteiger partial charge < -0.3 is 45.9 Å². The predicted molar refractivity (Wildman–Crippen MR) is 126 cm³/mol. The zero-order chi connectivity index (χ0) is 22.6. The minimum absolute atomic E-state index is 0.0372. The molecule has 0 heterocycles. The monoisotopic (exact) mass is 418 g/mol. The Morgan fingerprint density at radius 1 is 0.733 bits per heavy atom. The first-order valence-corrected chi connectivity index (χ1v) is 10.6. The summed E-state index contributed by atoms with van der Waals surface area (Å²) in [6, 6.07) is 0. The minimum atomic E-state index is -0.702. The van der Waals surface area contributed by atoms with Gasteiger partial charge in [-0.2, -0.15) is 0 Å². The summed E-state index contributed by atoms with van der Waals surface area (Å²) < 4.78 is 0. The molecular formula is C21H38N8O. The van der Waals surface area contributed by atoms with Crippen molar-refractivity contribution in [1.82, 2.24) is 0 Å². The molecule has 2 rings (SSSR count). The summed E-state index contributed by atoms with van der Waals surface area (Å²) in [5.74, 6) is -0.664. The largest absolute Gasteiger partial charge is 0.400 e. The molecule has 1 aromatic carbocycles. The molecular weight excluding hydrogens is 380 g/mol. The van der Waals surface area contributed by atoms with E-state index in [-0.39, 0.29) is 28.7 Å². The Bertz CT molecular complexity index is 806. The minimum Gasteiger partial charge on any atom is -0.400 e. The smallest absolute Gasteiger partial charge is 0.266 e. The molecule has 1 aliphatic carbocycles. The third-order valence-electron chi connectivity index (χ3n) is 6.68. The van der Waals surface area contributed by atoms with E-state index in [1.54, 1.807) is 0 Å². The van der Waals surface area contributed by atoms with Gasteiger partial charge in [0.15, 0.2) is 0 Å². The van der Waals surface area contributed by atoms with Crippen molar-refractivity contribution in [2.24, 2.45) is 22.6 Å². The first kappa shape index (κ1) is 23.3. The van der Waals surface area contributed by atoms with Gasteiger partial charge in [0.1, 0.15) is 5.70 Å². The molecule has 2 atom stereocenters. The van der Waals surface area contributed by atoms with Gasteiger partial charge in [0.2, 0.25) is 0 Å². The van der Waals surface area contributed by atoms with Gasteiger partial charge in [0, 0.05) is 16.7 Å². The average molecular weight is 419 g/mol. The number of hydrogen-bond acceptors (Lipinski definition) is 8. The maximum atomic E-state index is 11.6. The van der Waals surface area contributed by atoms with E-state index in [1.807, 2.05) is 6.92 Å². The lowest BCUT2D eigenvalue weighted by molar-refractivity contribution is -0.114. The highest BCUT2D eigenvalue weighted by atomic mass is 16.1. The zero-order valence-corrected chi connectivity index (χ0v) is 18.0. The molecule has 0 bridgehead atoms. The maximum absolute atomic E-state index is 11.6. The summed E-state index contributed by atoms with van der Waals surface area (Å²) in [7, 11) is 0. The van der Waals surface area contributed by atoms with Gasteiger partial charge in [0.25, 0.3) is 5.91 Å². The van der Waals surface area contributed by atoms with Gasteiger partial charge in [0.05, 0.1) is 28.4 Å². The predicted octanol–water partition coefficient (Wildman–Crippen LogP) is 1.83. The molecule has 30 heavy (non-hydrogen) atoms. The van der Waals surface area contributed by atoms with E-state index in [1.165, 1.54) is 0 Å². The van der Waals surface area contributed by atoms with E-state index < -0.39 is 11.3 Å². The summed E-state index contributed by atoms with van der Waals surface area (Å²) in [6.45, 7) is 2.03. The number of nitrogens with two attached hydrogens (primary N) is 8. The number of nitrogen functional groups attached to an aromatic ring is 5. The van der Waals surface area contributed by atoms with Crippen LogP contribution in [0.3, 0.4) is 0 Å². The van der Waals surface area contributed by atoms with Crippen molar-refractivity contribution in [1.29, 1.82) is 0 Å². The Morgan fingerprint density at radius 2 is 1.23 bits per heavy atom. The topological polar surface area (TPSA) is 225 Å². The highest BCUT2D eigenvalue weighted by molar-refractivity contribution is 5.96. The van der Waals surface area contributed by atoms with Crippen LogP contribution < -0.4 is 45.9 Å². The summed E-state index contributed by atoms with van der Waals surface area (Å²) in [5, 5.41) is 0. The van der Waals surface area contributed by atoms with E-state index in [9.17, 15) is 4.79 Å². The number of carbonyl (C=O) groups is 1. The Labute approximate surface area is 178 Å². The van der Waals surface area contributed by atoms with E-state index >= 15 is 0 Å². The number of anilines is 5. The van der Waals surface area contributed by atoms with Crippen LogP contribution in [0.5, 0.6) is 0 Å². The Kier molecular flexibility index (Phi) is 7.17. The number of rotatable bonds is 3. The molecule has 0 radical (unpaired) electrons.